The van der Waals surface area contributed by atoms with E-state index in [0.29, 0.717) is 38.5 Å². The zero-order valence-electron chi connectivity index (χ0n) is 37.0. The second-order valence-corrected chi connectivity index (χ2v) is 14.4. The Kier molecular flexibility index (Phi) is 32.0. The van der Waals surface area contributed by atoms with E-state index in [2.05, 4.69) is 152 Å². The van der Waals surface area contributed by atoms with Crippen LogP contribution < -0.4 is 11.0 Å². The normalized spacial score (nSPS) is 16.7. The molecule has 0 aromatic carbocycles. The molecule has 1 aromatic heterocycles. The summed E-state index contributed by atoms with van der Waals surface area (Å²) >= 11 is 0. The highest BCUT2D eigenvalue weighted by Crippen LogP contribution is 2.27. The average Bonchev–Trinajstić information content (AvgIpc) is 3.73. The van der Waals surface area contributed by atoms with Gasteiger partial charge in [0, 0.05) is 20.5 Å². The summed E-state index contributed by atoms with van der Waals surface area (Å²) in [7, 11) is 0. The quantitative estimate of drug-likeness (QED) is 0.0573. The van der Waals surface area contributed by atoms with Crippen LogP contribution >= 0.6 is 0 Å². The van der Waals surface area contributed by atoms with Crippen molar-refractivity contribution in [1.82, 2.24) is 9.55 Å². The minimum atomic E-state index is -0.506. The highest BCUT2D eigenvalue weighted by atomic mass is 16.6. The fourth-order valence-corrected chi connectivity index (χ4v) is 5.87. The molecule has 0 radical (unpaired) electrons. The van der Waals surface area contributed by atoms with Crippen LogP contribution in [0.3, 0.4) is 0 Å². The first-order valence-corrected chi connectivity index (χ1v) is 22.5. The molecule has 61 heavy (non-hydrogen) atoms. The van der Waals surface area contributed by atoms with Gasteiger partial charge in [-0.3, -0.25) is 14.2 Å². The summed E-state index contributed by atoms with van der Waals surface area (Å²) < 4.78 is 12.9. The maximum absolute atomic E-state index is 12.8. The van der Waals surface area contributed by atoms with E-state index in [0.717, 1.165) is 77.0 Å². The Morgan fingerprint density at radius 2 is 1.02 bits per heavy atom. The monoisotopic (exact) mass is 834 g/mol. The minimum absolute atomic E-state index is 0. The lowest BCUT2D eigenvalue weighted by molar-refractivity contribution is -0.148. The minimum Gasteiger partial charge on any atom is -0.463 e. The first kappa shape index (κ1) is 51.8. The molecule has 8 nitrogen and oxygen atoms in total. The highest BCUT2D eigenvalue weighted by molar-refractivity contribution is 5.89. The van der Waals surface area contributed by atoms with Crippen molar-refractivity contribution in [2.75, 3.05) is 11.9 Å². The first-order chi connectivity index (χ1) is 30.0. The van der Waals surface area contributed by atoms with Gasteiger partial charge in [-0.05, 0) is 109 Å². The molecule has 1 saturated heterocycles. The molecule has 332 valence electrons. The van der Waals surface area contributed by atoms with Gasteiger partial charge in [-0.2, -0.15) is 4.98 Å². The van der Waals surface area contributed by atoms with Crippen molar-refractivity contribution < 1.29 is 20.5 Å². The van der Waals surface area contributed by atoms with E-state index >= 15 is 0 Å². The summed E-state index contributed by atoms with van der Waals surface area (Å²) in [6.07, 6.45) is 67.0. The Bertz CT molecular complexity index is 1770. The van der Waals surface area contributed by atoms with E-state index in [1.54, 1.807) is 12.3 Å². The highest BCUT2D eigenvalue weighted by Gasteiger charge is 2.28. The zero-order chi connectivity index (χ0) is 43.7. The number of nitrogens with zero attached hydrogens (tertiary/aromatic N) is 2. The summed E-state index contributed by atoms with van der Waals surface area (Å²) in [6.45, 7) is 4.44. The number of nitrogens with one attached hydrogen (secondary N) is 1. The van der Waals surface area contributed by atoms with E-state index in [1.807, 2.05) is 18.2 Å². The number of anilines is 1. The third-order valence-electron chi connectivity index (χ3n) is 9.17. The van der Waals surface area contributed by atoms with Crippen LogP contribution in [0.4, 0.5) is 5.82 Å². The van der Waals surface area contributed by atoms with Gasteiger partial charge in [-0.15, -0.1) is 0 Å². The Balaban J connectivity index is 0.0000192. The van der Waals surface area contributed by atoms with Crippen LogP contribution in [0.15, 0.2) is 163 Å². The van der Waals surface area contributed by atoms with E-state index in [1.165, 1.54) is 4.57 Å². The van der Waals surface area contributed by atoms with Crippen LogP contribution in [0.1, 0.15) is 137 Å². The summed E-state index contributed by atoms with van der Waals surface area (Å²) in [6, 6.07) is 1.60. The fraction of sp³-hybridized carbons (Fsp3) is 0.434. The van der Waals surface area contributed by atoms with Gasteiger partial charge in [0.25, 0.3) is 0 Å². The van der Waals surface area contributed by atoms with E-state index in [4.69, 9.17) is 9.47 Å². The van der Waals surface area contributed by atoms with Crippen LogP contribution in [-0.2, 0) is 19.1 Å². The topological polar surface area (TPSA) is 99.5 Å². The van der Waals surface area contributed by atoms with Gasteiger partial charge in [0.05, 0.1) is 6.10 Å². The number of carbonyl (C=O) groups is 2. The third-order valence-corrected chi connectivity index (χ3v) is 9.17. The third kappa shape index (κ3) is 29.5. The number of allylic oxidation sites excluding steroid dienone is 24. The fourth-order valence-electron chi connectivity index (χ4n) is 5.87. The van der Waals surface area contributed by atoms with Gasteiger partial charge in [0.1, 0.15) is 18.7 Å². The molecule has 1 aliphatic heterocycles. The van der Waals surface area contributed by atoms with E-state index in [9.17, 15) is 14.4 Å². The maximum Gasteiger partial charge on any atom is 0.351 e. The number of carbonyl (C=O) groups excluding carboxylic acids is 2. The van der Waals surface area contributed by atoms with Crippen LogP contribution in [0.5, 0.6) is 0 Å². The van der Waals surface area contributed by atoms with Crippen molar-refractivity contribution in [2.24, 2.45) is 0 Å². The molecular formula is C53H75N3O5. The molecule has 0 aliphatic carbocycles. The number of hydrogen-bond donors (Lipinski definition) is 1. The summed E-state index contributed by atoms with van der Waals surface area (Å²) in [5.74, 6) is -0.264. The molecule has 1 aromatic rings. The number of rotatable bonds is 32. The predicted octanol–water partition coefficient (Wildman–Crippen LogP) is 13.6. The smallest absolute Gasteiger partial charge is 0.351 e. The Morgan fingerprint density at radius 1 is 0.623 bits per heavy atom. The van der Waals surface area contributed by atoms with Crippen molar-refractivity contribution >= 4 is 17.7 Å². The van der Waals surface area contributed by atoms with Crippen molar-refractivity contribution in [2.45, 2.75) is 142 Å². The predicted molar refractivity (Wildman–Crippen MR) is 258 cm³/mol. The van der Waals surface area contributed by atoms with Crippen molar-refractivity contribution in [3.8, 4) is 0 Å². The molecule has 8 heteroatoms. The zero-order valence-corrected chi connectivity index (χ0v) is 37.0. The molecule has 2 rings (SSSR count). The van der Waals surface area contributed by atoms with Crippen molar-refractivity contribution in [1.29, 1.82) is 0 Å². The van der Waals surface area contributed by atoms with E-state index < -0.39 is 11.9 Å². The lowest BCUT2D eigenvalue weighted by atomic mass is 10.2. The first-order valence-electron chi connectivity index (χ1n) is 22.5. The molecule has 1 fully saturated rings. The largest absolute Gasteiger partial charge is 0.463 e. The van der Waals surface area contributed by atoms with Gasteiger partial charge in [-0.25, -0.2) is 4.79 Å². The SMILES string of the molecule is CC/C=C\C/C=C\C/C=C\C/C=C\C/C=C\C/C=C\CCC(=O)Nc1ccn(C2CC[C@@H](COC(=O)CC/C=C\C/C=C\C/C=C\C/C=C\C/C=C\C/C=C\CC)O2)c(=O)n1.[HH]. The number of aromatic nitrogens is 2. The summed E-state index contributed by atoms with van der Waals surface area (Å²) in [5, 5.41) is 2.71. The van der Waals surface area contributed by atoms with Crippen molar-refractivity contribution in [3.05, 3.63) is 169 Å². The molecule has 1 amide bonds. The Labute approximate surface area is 368 Å². The average molecular weight is 834 g/mol. The molecule has 1 N–H and O–H groups in total. The summed E-state index contributed by atoms with van der Waals surface area (Å²) in [4.78, 5) is 41.5. The maximum atomic E-state index is 12.8. The van der Waals surface area contributed by atoms with Gasteiger partial charge in [0.15, 0.2) is 0 Å². The molecule has 0 spiro atoms. The van der Waals surface area contributed by atoms with Gasteiger partial charge in [-0.1, -0.05) is 160 Å². The van der Waals surface area contributed by atoms with E-state index in [-0.39, 0.29) is 31.8 Å². The molecule has 1 aliphatic rings. The number of hydrogen-bond acceptors (Lipinski definition) is 6. The standard InChI is InChI=1S/C53H73N3O5.H2/c1-3-5-7-9-11-13-15-17-19-21-23-25-27-29-31-33-35-37-39-41-50(57)54-49-45-46-56(53(59)55-49)51-44-43-48(61-51)47-60-52(58)42-40-38-36-34-32-30-28-26-24-22-20-18-16-14-12-10-8-6-4-2;/h5-8,11-14,17-20,23-26,29-32,35-38,45-46,48,51H,3-4,9-10,15-16,21-22,27-28,33-34,39-44,47H2,1-2H3,(H,54,55,57,59);1H/b7-5-,8-6-,13-11-,14-12-,19-17-,20-18-,25-23-,26-24-,31-29-,32-30-,37-35-,38-36-;/t48-,51?;/m0./s1. The molecule has 0 saturated carbocycles. The van der Waals surface area contributed by atoms with Crippen LogP contribution in [-0.4, -0.2) is 34.1 Å². The Morgan fingerprint density at radius 3 is 1.43 bits per heavy atom. The second kappa shape index (κ2) is 37.6. The van der Waals surface area contributed by atoms with Gasteiger partial charge >= 0.3 is 11.7 Å². The number of amides is 1. The number of ether oxygens (including phenoxy) is 2. The lowest BCUT2D eigenvalue weighted by Crippen LogP contribution is -2.28. The van der Waals surface area contributed by atoms with Gasteiger partial charge in [0.2, 0.25) is 5.91 Å². The van der Waals surface area contributed by atoms with Crippen LogP contribution in [0.2, 0.25) is 0 Å². The summed E-state index contributed by atoms with van der Waals surface area (Å²) in [5.41, 5.74) is -0.506. The number of esters is 1. The van der Waals surface area contributed by atoms with Crippen LogP contribution in [0.25, 0.3) is 0 Å². The second-order valence-electron chi connectivity index (χ2n) is 14.4. The Hall–Kier alpha value is -5.34. The lowest BCUT2D eigenvalue weighted by Gasteiger charge is -2.16. The molecule has 2 atom stereocenters. The molecular weight excluding hydrogens is 759 g/mol. The molecule has 0 bridgehead atoms. The van der Waals surface area contributed by atoms with Crippen molar-refractivity contribution in [3.63, 3.8) is 0 Å². The molecule has 2 heterocycles. The van der Waals surface area contributed by atoms with Gasteiger partial charge < -0.3 is 14.8 Å². The molecule has 1 unspecified atom stereocenters. The van der Waals surface area contributed by atoms with Crippen LogP contribution in [0, 0.1) is 0 Å².